The van der Waals surface area contributed by atoms with Crippen molar-refractivity contribution in [2.24, 2.45) is 5.92 Å². The standard InChI is InChI=1S/C24H30N2O/c27-24(17-18-15-21-11-12-22(16-18)26-21)25-14-13-23(19-7-3-1-4-8-19)20-9-5-2-6-10-20/h1-10,18,21-23,26H,11-17H2,(H,25,27). The summed E-state index contributed by atoms with van der Waals surface area (Å²) in [6.07, 6.45) is 6.53. The molecular weight excluding hydrogens is 332 g/mol. The first kappa shape index (κ1) is 18.2. The van der Waals surface area contributed by atoms with E-state index in [-0.39, 0.29) is 5.91 Å². The van der Waals surface area contributed by atoms with Gasteiger partial charge in [0.1, 0.15) is 0 Å². The Morgan fingerprint density at radius 1 is 0.926 bits per heavy atom. The summed E-state index contributed by atoms with van der Waals surface area (Å²) in [5.74, 6) is 1.10. The zero-order chi connectivity index (χ0) is 18.5. The van der Waals surface area contributed by atoms with Crippen LogP contribution in [0.25, 0.3) is 0 Å². The lowest BCUT2D eigenvalue weighted by molar-refractivity contribution is -0.122. The van der Waals surface area contributed by atoms with Crippen LogP contribution in [0.5, 0.6) is 0 Å². The highest BCUT2D eigenvalue weighted by molar-refractivity contribution is 5.76. The lowest BCUT2D eigenvalue weighted by Crippen LogP contribution is -2.39. The van der Waals surface area contributed by atoms with Crippen LogP contribution in [-0.4, -0.2) is 24.5 Å². The molecule has 2 saturated heterocycles. The van der Waals surface area contributed by atoms with Gasteiger partial charge >= 0.3 is 0 Å². The molecule has 1 amide bonds. The Morgan fingerprint density at radius 2 is 1.48 bits per heavy atom. The average molecular weight is 363 g/mol. The third kappa shape index (κ3) is 4.78. The van der Waals surface area contributed by atoms with E-state index in [0.717, 1.165) is 13.0 Å². The van der Waals surface area contributed by atoms with E-state index in [4.69, 9.17) is 0 Å². The molecule has 0 spiro atoms. The largest absolute Gasteiger partial charge is 0.356 e. The van der Waals surface area contributed by atoms with Gasteiger partial charge in [-0.1, -0.05) is 60.7 Å². The number of hydrogen-bond acceptors (Lipinski definition) is 2. The van der Waals surface area contributed by atoms with Crippen molar-refractivity contribution in [3.8, 4) is 0 Å². The van der Waals surface area contributed by atoms with Crippen molar-refractivity contribution in [3.63, 3.8) is 0 Å². The second kappa shape index (κ2) is 8.71. The fourth-order valence-electron chi connectivity index (χ4n) is 4.93. The van der Waals surface area contributed by atoms with Gasteiger partial charge in [-0.15, -0.1) is 0 Å². The van der Waals surface area contributed by atoms with Crippen LogP contribution < -0.4 is 10.6 Å². The molecule has 0 radical (unpaired) electrons. The molecule has 142 valence electrons. The Hall–Kier alpha value is -2.13. The van der Waals surface area contributed by atoms with E-state index < -0.39 is 0 Å². The Labute approximate surface area is 162 Å². The molecule has 2 bridgehead atoms. The summed E-state index contributed by atoms with van der Waals surface area (Å²) in [6, 6.07) is 22.5. The van der Waals surface area contributed by atoms with Gasteiger partial charge in [0.2, 0.25) is 5.91 Å². The summed E-state index contributed by atoms with van der Waals surface area (Å²) in [5, 5.41) is 6.85. The number of piperidine rings is 1. The molecule has 2 aliphatic rings. The predicted octanol–water partition coefficient (Wildman–Crippen LogP) is 4.25. The molecule has 0 saturated carbocycles. The van der Waals surface area contributed by atoms with Crippen LogP contribution in [0.4, 0.5) is 0 Å². The second-order valence-electron chi connectivity index (χ2n) is 8.19. The van der Waals surface area contributed by atoms with Gasteiger partial charge in [0.25, 0.3) is 0 Å². The summed E-state index contributed by atoms with van der Waals surface area (Å²) in [5.41, 5.74) is 2.63. The number of carbonyl (C=O) groups excluding carboxylic acids is 1. The number of rotatable bonds is 7. The van der Waals surface area contributed by atoms with Crippen LogP contribution in [0.1, 0.15) is 55.6 Å². The molecule has 2 N–H and O–H groups in total. The highest BCUT2D eigenvalue weighted by Crippen LogP contribution is 2.32. The van der Waals surface area contributed by atoms with E-state index >= 15 is 0 Å². The van der Waals surface area contributed by atoms with Crippen molar-refractivity contribution in [1.29, 1.82) is 0 Å². The number of fused-ring (bicyclic) bond motifs is 2. The molecule has 0 aromatic heterocycles. The Bertz CT molecular complexity index is 679. The Morgan fingerprint density at radius 3 is 2.04 bits per heavy atom. The van der Waals surface area contributed by atoms with Gasteiger partial charge in [-0.25, -0.2) is 0 Å². The average Bonchev–Trinajstić information content (AvgIpc) is 3.05. The van der Waals surface area contributed by atoms with E-state index in [1.165, 1.54) is 36.8 Å². The van der Waals surface area contributed by atoms with Gasteiger partial charge in [-0.05, 0) is 49.1 Å². The lowest BCUT2D eigenvalue weighted by Gasteiger charge is -2.28. The number of benzene rings is 2. The van der Waals surface area contributed by atoms with Gasteiger partial charge in [0.05, 0.1) is 0 Å². The highest BCUT2D eigenvalue weighted by atomic mass is 16.1. The molecule has 2 heterocycles. The maximum atomic E-state index is 12.5. The summed E-state index contributed by atoms with van der Waals surface area (Å²) in [6.45, 7) is 0.727. The number of amides is 1. The van der Waals surface area contributed by atoms with Crippen molar-refractivity contribution < 1.29 is 4.79 Å². The number of nitrogens with one attached hydrogen (secondary N) is 2. The van der Waals surface area contributed by atoms with Crippen LogP contribution >= 0.6 is 0 Å². The van der Waals surface area contributed by atoms with Crippen molar-refractivity contribution in [3.05, 3.63) is 71.8 Å². The van der Waals surface area contributed by atoms with Crippen molar-refractivity contribution in [2.45, 2.75) is 56.5 Å². The first-order valence-corrected chi connectivity index (χ1v) is 10.4. The van der Waals surface area contributed by atoms with Crippen LogP contribution in [0.15, 0.2) is 60.7 Å². The minimum Gasteiger partial charge on any atom is -0.356 e. The minimum absolute atomic E-state index is 0.223. The minimum atomic E-state index is 0.223. The number of hydrogen-bond donors (Lipinski definition) is 2. The zero-order valence-electron chi connectivity index (χ0n) is 15.9. The molecule has 0 aliphatic carbocycles. The topological polar surface area (TPSA) is 41.1 Å². The Balaban J connectivity index is 1.31. The maximum absolute atomic E-state index is 12.5. The number of carbonyl (C=O) groups is 1. The molecular formula is C24H30N2O. The van der Waals surface area contributed by atoms with E-state index in [2.05, 4.69) is 71.3 Å². The fraction of sp³-hybridized carbons (Fsp3) is 0.458. The monoisotopic (exact) mass is 362 g/mol. The van der Waals surface area contributed by atoms with Gasteiger partial charge < -0.3 is 10.6 Å². The van der Waals surface area contributed by atoms with E-state index in [1.807, 2.05) is 0 Å². The molecule has 2 atom stereocenters. The molecule has 2 aromatic carbocycles. The van der Waals surface area contributed by atoms with Crippen LogP contribution in [0, 0.1) is 5.92 Å². The van der Waals surface area contributed by atoms with Crippen LogP contribution in [0.2, 0.25) is 0 Å². The molecule has 27 heavy (non-hydrogen) atoms. The summed E-state index contributed by atoms with van der Waals surface area (Å²) in [4.78, 5) is 12.5. The first-order chi connectivity index (χ1) is 13.3. The Kier molecular flexibility index (Phi) is 5.88. The van der Waals surface area contributed by atoms with E-state index in [0.29, 0.717) is 30.3 Å². The fourth-order valence-corrected chi connectivity index (χ4v) is 4.93. The van der Waals surface area contributed by atoms with Crippen molar-refractivity contribution in [2.75, 3.05) is 6.54 Å². The quantitative estimate of drug-likeness (QED) is 0.773. The summed E-state index contributed by atoms with van der Waals surface area (Å²) >= 11 is 0. The molecule has 2 aliphatic heterocycles. The van der Waals surface area contributed by atoms with Crippen molar-refractivity contribution >= 4 is 5.91 Å². The van der Waals surface area contributed by atoms with Crippen LogP contribution in [0.3, 0.4) is 0 Å². The third-order valence-electron chi connectivity index (χ3n) is 6.20. The van der Waals surface area contributed by atoms with Gasteiger partial charge in [-0.3, -0.25) is 4.79 Å². The molecule has 2 fully saturated rings. The van der Waals surface area contributed by atoms with Gasteiger partial charge in [0.15, 0.2) is 0 Å². The smallest absolute Gasteiger partial charge is 0.220 e. The third-order valence-corrected chi connectivity index (χ3v) is 6.20. The zero-order valence-corrected chi connectivity index (χ0v) is 15.9. The molecule has 2 aromatic rings. The lowest BCUT2D eigenvalue weighted by atomic mass is 9.88. The SMILES string of the molecule is O=C(CC1CC2CCC(C1)N2)NCCC(c1ccccc1)c1ccccc1. The first-order valence-electron chi connectivity index (χ1n) is 10.4. The predicted molar refractivity (Wildman–Crippen MR) is 110 cm³/mol. The van der Waals surface area contributed by atoms with E-state index in [9.17, 15) is 4.79 Å². The molecule has 4 rings (SSSR count). The van der Waals surface area contributed by atoms with Crippen LogP contribution in [-0.2, 0) is 4.79 Å². The van der Waals surface area contributed by atoms with Gasteiger partial charge in [-0.2, -0.15) is 0 Å². The van der Waals surface area contributed by atoms with Crippen molar-refractivity contribution in [1.82, 2.24) is 10.6 Å². The summed E-state index contributed by atoms with van der Waals surface area (Å²) < 4.78 is 0. The second-order valence-corrected chi connectivity index (χ2v) is 8.19. The maximum Gasteiger partial charge on any atom is 0.220 e. The van der Waals surface area contributed by atoms with Gasteiger partial charge in [0, 0.05) is 31.0 Å². The highest BCUT2D eigenvalue weighted by Gasteiger charge is 2.34. The molecule has 3 heteroatoms. The molecule has 2 unspecified atom stereocenters. The normalized spacial score (nSPS) is 24.1. The van der Waals surface area contributed by atoms with E-state index in [1.54, 1.807) is 0 Å². The molecule has 3 nitrogen and oxygen atoms in total. The summed E-state index contributed by atoms with van der Waals surface area (Å²) in [7, 11) is 0.